The van der Waals surface area contributed by atoms with E-state index in [0.29, 0.717) is 5.88 Å². The maximum absolute atomic E-state index is 6.09. The van der Waals surface area contributed by atoms with Crippen LogP contribution in [0.25, 0.3) is 16.9 Å². The Morgan fingerprint density at radius 1 is 1.20 bits per heavy atom. The van der Waals surface area contributed by atoms with Crippen LogP contribution >= 0.6 is 11.6 Å². The van der Waals surface area contributed by atoms with Crippen LogP contribution in [0.3, 0.4) is 0 Å². The first kappa shape index (κ1) is 13.2. The molecule has 3 rings (SSSR count). The number of imidazole rings is 1. The molecule has 0 spiro atoms. The lowest BCUT2D eigenvalue weighted by molar-refractivity contribution is 0.754. The van der Waals surface area contributed by atoms with Crippen LogP contribution in [0.2, 0.25) is 0 Å². The molecule has 0 radical (unpaired) electrons. The number of alkyl halides is 1. The summed E-state index contributed by atoms with van der Waals surface area (Å²) in [6, 6.07) is 6.27. The maximum Gasteiger partial charge on any atom is 0.163 e. The van der Waals surface area contributed by atoms with Gasteiger partial charge in [-0.15, -0.1) is 11.6 Å². The van der Waals surface area contributed by atoms with E-state index in [4.69, 9.17) is 11.6 Å². The van der Waals surface area contributed by atoms with E-state index in [1.165, 1.54) is 11.1 Å². The third kappa shape index (κ3) is 1.75. The Hall–Kier alpha value is -1.81. The van der Waals surface area contributed by atoms with Gasteiger partial charge in [0, 0.05) is 7.05 Å². The van der Waals surface area contributed by atoms with Crippen molar-refractivity contribution >= 4 is 22.8 Å². The van der Waals surface area contributed by atoms with E-state index in [1.807, 2.05) is 18.7 Å². The number of benzene rings is 1. The van der Waals surface area contributed by atoms with Crippen LogP contribution < -0.4 is 0 Å². The van der Waals surface area contributed by atoms with Gasteiger partial charge in [-0.1, -0.05) is 12.1 Å². The minimum atomic E-state index is 0.376. The highest BCUT2D eigenvalue weighted by molar-refractivity contribution is 6.17. The van der Waals surface area contributed by atoms with Crippen molar-refractivity contribution in [2.45, 2.75) is 26.7 Å². The monoisotopic (exact) mass is 288 g/mol. The molecule has 0 atom stereocenters. The largest absolute Gasteiger partial charge is 0.280 e. The van der Waals surface area contributed by atoms with Gasteiger partial charge in [-0.2, -0.15) is 5.10 Å². The summed E-state index contributed by atoms with van der Waals surface area (Å²) >= 11 is 6.09. The molecule has 104 valence electrons. The molecule has 0 amide bonds. The Morgan fingerprint density at radius 2 is 1.95 bits per heavy atom. The minimum Gasteiger partial charge on any atom is -0.280 e. The van der Waals surface area contributed by atoms with Gasteiger partial charge in [0.2, 0.25) is 0 Å². The van der Waals surface area contributed by atoms with Crippen molar-refractivity contribution in [2.75, 3.05) is 0 Å². The fourth-order valence-electron chi connectivity index (χ4n) is 2.64. The first-order valence-electron chi connectivity index (χ1n) is 6.58. The van der Waals surface area contributed by atoms with Gasteiger partial charge in [-0.05, 0) is 38.0 Å². The molecular formula is C15H17ClN4. The summed E-state index contributed by atoms with van der Waals surface area (Å²) in [5.41, 5.74) is 6.45. The second-order valence-corrected chi connectivity index (χ2v) is 5.36. The van der Waals surface area contributed by atoms with Crippen LogP contribution in [-0.4, -0.2) is 19.3 Å². The van der Waals surface area contributed by atoms with Gasteiger partial charge < -0.3 is 0 Å². The number of rotatable bonds is 2. The highest BCUT2D eigenvalue weighted by Crippen LogP contribution is 2.27. The van der Waals surface area contributed by atoms with E-state index in [1.54, 1.807) is 0 Å². The molecule has 0 aliphatic rings. The molecule has 0 bridgehead atoms. The first-order chi connectivity index (χ1) is 9.54. The van der Waals surface area contributed by atoms with Crippen LogP contribution in [0.15, 0.2) is 18.2 Å². The number of hydrogen-bond donors (Lipinski definition) is 0. The molecule has 0 saturated heterocycles. The molecule has 1 aromatic carbocycles. The maximum atomic E-state index is 6.09. The predicted octanol–water partition coefficient (Wildman–Crippen LogP) is 3.42. The Morgan fingerprint density at radius 3 is 2.65 bits per heavy atom. The van der Waals surface area contributed by atoms with E-state index in [2.05, 4.69) is 46.7 Å². The SMILES string of the molecule is Cc1cccc(-n2c(CCl)nc3c(C)nn(C)c32)c1C. The van der Waals surface area contributed by atoms with Gasteiger partial charge >= 0.3 is 0 Å². The zero-order valence-corrected chi connectivity index (χ0v) is 12.9. The Balaban J connectivity index is 2.43. The lowest BCUT2D eigenvalue weighted by Gasteiger charge is -2.13. The summed E-state index contributed by atoms with van der Waals surface area (Å²) in [4.78, 5) is 4.65. The second kappa shape index (κ2) is 4.63. The second-order valence-electron chi connectivity index (χ2n) is 5.10. The zero-order chi connectivity index (χ0) is 14.4. The molecule has 0 saturated carbocycles. The first-order valence-corrected chi connectivity index (χ1v) is 7.11. The number of hydrogen-bond acceptors (Lipinski definition) is 2. The van der Waals surface area contributed by atoms with Crippen LogP contribution in [0, 0.1) is 20.8 Å². The van der Waals surface area contributed by atoms with Crippen LogP contribution in [0.1, 0.15) is 22.6 Å². The fourth-order valence-corrected chi connectivity index (χ4v) is 2.82. The van der Waals surface area contributed by atoms with Crippen molar-refractivity contribution in [3.8, 4) is 5.69 Å². The van der Waals surface area contributed by atoms with Crippen molar-refractivity contribution in [3.05, 3.63) is 40.8 Å². The summed E-state index contributed by atoms with van der Waals surface area (Å²) in [6.07, 6.45) is 0. The number of halogens is 1. The molecule has 0 unspecified atom stereocenters. The summed E-state index contributed by atoms with van der Waals surface area (Å²) in [5, 5.41) is 4.45. The molecular weight excluding hydrogens is 272 g/mol. The van der Waals surface area contributed by atoms with Crippen LogP contribution in [0.5, 0.6) is 0 Å². The number of nitrogens with zero attached hydrogens (tertiary/aromatic N) is 4. The van der Waals surface area contributed by atoms with Gasteiger partial charge in [0.1, 0.15) is 11.3 Å². The molecule has 2 aromatic heterocycles. The van der Waals surface area contributed by atoms with Gasteiger partial charge in [0.05, 0.1) is 17.3 Å². The summed E-state index contributed by atoms with van der Waals surface area (Å²) < 4.78 is 3.99. The van der Waals surface area contributed by atoms with E-state index in [0.717, 1.165) is 28.4 Å². The van der Waals surface area contributed by atoms with Gasteiger partial charge in [-0.25, -0.2) is 9.67 Å². The minimum absolute atomic E-state index is 0.376. The predicted molar refractivity (Wildman–Crippen MR) is 81.6 cm³/mol. The van der Waals surface area contributed by atoms with E-state index in [9.17, 15) is 0 Å². The normalized spacial score (nSPS) is 11.4. The number of aryl methyl sites for hydroxylation is 3. The van der Waals surface area contributed by atoms with E-state index < -0.39 is 0 Å². The standard InChI is InChI=1S/C15H17ClN4/c1-9-6-5-7-12(10(9)2)20-13(8-16)17-14-11(3)18-19(4)15(14)20/h5-7H,8H2,1-4H3. The molecule has 4 nitrogen and oxygen atoms in total. The topological polar surface area (TPSA) is 35.6 Å². The Kier molecular flexibility index (Phi) is 3.05. The molecule has 0 aliphatic heterocycles. The quantitative estimate of drug-likeness (QED) is 0.677. The molecule has 0 fully saturated rings. The average Bonchev–Trinajstić information content (AvgIpc) is 2.92. The van der Waals surface area contributed by atoms with Crippen molar-refractivity contribution in [2.24, 2.45) is 7.05 Å². The fraction of sp³-hybridized carbons (Fsp3) is 0.333. The third-order valence-corrected chi connectivity index (χ3v) is 4.05. The van der Waals surface area contributed by atoms with E-state index >= 15 is 0 Å². The van der Waals surface area contributed by atoms with Crippen molar-refractivity contribution < 1.29 is 0 Å². The highest BCUT2D eigenvalue weighted by atomic mass is 35.5. The molecule has 3 aromatic rings. The van der Waals surface area contributed by atoms with Gasteiger partial charge in [0.25, 0.3) is 0 Å². The zero-order valence-electron chi connectivity index (χ0n) is 12.1. The average molecular weight is 289 g/mol. The van der Waals surface area contributed by atoms with E-state index in [-0.39, 0.29) is 0 Å². The van der Waals surface area contributed by atoms with Crippen molar-refractivity contribution in [1.82, 2.24) is 19.3 Å². The molecule has 20 heavy (non-hydrogen) atoms. The van der Waals surface area contributed by atoms with Crippen LogP contribution in [-0.2, 0) is 12.9 Å². The molecule has 2 heterocycles. The molecule has 5 heteroatoms. The molecule has 0 aliphatic carbocycles. The van der Waals surface area contributed by atoms with Gasteiger partial charge in [0.15, 0.2) is 5.65 Å². The summed E-state index contributed by atoms with van der Waals surface area (Å²) in [5.74, 6) is 1.23. The smallest absolute Gasteiger partial charge is 0.163 e. The lowest BCUT2D eigenvalue weighted by Crippen LogP contribution is -2.06. The summed E-state index contributed by atoms with van der Waals surface area (Å²) in [6.45, 7) is 6.21. The number of fused-ring (bicyclic) bond motifs is 1. The van der Waals surface area contributed by atoms with Crippen LogP contribution in [0.4, 0.5) is 0 Å². The van der Waals surface area contributed by atoms with Gasteiger partial charge in [-0.3, -0.25) is 4.57 Å². The van der Waals surface area contributed by atoms with Crippen molar-refractivity contribution in [1.29, 1.82) is 0 Å². The Bertz CT molecular complexity index is 798. The third-order valence-electron chi connectivity index (χ3n) is 3.81. The highest BCUT2D eigenvalue weighted by Gasteiger charge is 2.19. The Labute approximate surface area is 123 Å². The van der Waals surface area contributed by atoms with Crippen molar-refractivity contribution in [3.63, 3.8) is 0 Å². The molecule has 0 N–H and O–H groups in total. The number of aromatic nitrogens is 4. The summed E-state index contributed by atoms with van der Waals surface area (Å²) in [7, 11) is 1.94. The lowest BCUT2D eigenvalue weighted by atomic mass is 10.1.